The highest BCUT2D eigenvalue weighted by molar-refractivity contribution is 9.10. The zero-order valence-electron chi connectivity index (χ0n) is 11.1. The molecule has 2 aromatic rings. The van der Waals surface area contributed by atoms with Gasteiger partial charge in [-0.2, -0.15) is 0 Å². The predicted molar refractivity (Wildman–Crippen MR) is 82.4 cm³/mol. The Morgan fingerprint density at radius 3 is 2.86 bits per heavy atom. The molecule has 1 fully saturated rings. The van der Waals surface area contributed by atoms with Crippen LogP contribution in [0.25, 0.3) is 0 Å². The molecule has 2 heterocycles. The topological polar surface area (TPSA) is 62.6 Å². The standard InChI is InChI=1S/C15H13BrN2O3/c16-14-12(6-8-21-14)15(20)17-10-3-1-4-11(9-10)18-7-2-5-13(18)19/h1,3-4,6,8-9H,2,5,7H2,(H,17,20). The average molecular weight is 349 g/mol. The van der Waals surface area contributed by atoms with E-state index in [2.05, 4.69) is 21.2 Å². The Kier molecular flexibility index (Phi) is 3.79. The maximum atomic E-state index is 12.1. The normalized spacial score (nSPS) is 14.5. The third-order valence-corrected chi connectivity index (χ3v) is 3.97. The molecule has 6 heteroatoms. The first-order valence-electron chi connectivity index (χ1n) is 6.60. The van der Waals surface area contributed by atoms with E-state index in [-0.39, 0.29) is 11.8 Å². The molecule has 1 aliphatic rings. The van der Waals surface area contributed by atoms with Crippen molar-refractivity contribution in [2.45, 2.75) is 12.8 Å². The minimum atomic E-state index is -0.263. The van der Waals surface area contributed by atoms with Gasteiger partial charge < -0.3 is 14.6 Å². The molecule has 0 aliphatic carbocycles. The number of nitrogens with one attached hydrogen (secondary N) is 1. The quantitative estimate of drug-likeness (QED) is 0.924. The van der Waals surface area contributed by atoms with Crippen molar-refractivity contribution in [3.8, 4) is 0 Å². The smallest absolute Gasteiger partial charge is 0.260 e. The molecule has 0 spiro atoms. The summed E-state index contributed by atoms with van der Waals surface area (Å²) in [6.07, 6.45) is 2.90. The molecule has 108 valence electrons. The number of anilines is 2. The number of carbonyl (C=O) groups excluding carboxylic acids is 2. The van der Waals surface area contributed by atoms with Crippen LogP contribution in [-0.2, 0) is 4.79 Å². The molecule has 0 bridgehead atoms. The molecule has 1 N–H and O–H groups in total. The molecule has 0 saturated carbocycles. The van der Waals surface area contributed by atoms with Gasteiger partial charge in [0.1, 0.15) is 0 Å². The lowest BCUT2D eigenvalue weighted by Crippen LogP contribution is -2.23. The van der Waals surface area contributed by atoms with Crippen LogP contribution >= 0.6 is 15.9 Å². The van der Waals surface area contributed by atoms with Crippen molar-refractivity contribution in [1.29, 1.82) is 0 Å². The Labute approximate surface area is 130 Å². The zero-order chi connectivity index (χ0) is 14.8. The zero-order valence-corrected chi connectivity index (χ0v) is 12.7. The number of hydrogen-bond acceptors (Lipinski definition) is 3. The van der Waals surface area contributed by atoms with Crippen LogP contribution < -0.4 is 10.2 Å². The molecule has 2 amide bonds. The van der Waals surface area contributed by atoms with E-state index >= 15 is 0 Å². The van der Waals surface area contributed by atoms with E-state index in [1.165, 1.54) is 6.26 Å². The Balaban J connectivity index is 1.79. The second-order valence-corrected chi connectivity index (χ2v) is 5.48. The highest BCUT2D eigenvalue weighted by Crippen LogP contribution is 2.25. The molecule has 3 rings (SSSR count). The third kappa shape index (κ3) is 2.85. The van der Waals surface area contributed by atoms with Crippen LogP contribution in [0, 0.1) is 0 Å². The maximum Gasteiger partial charge on any atom is 0.260 e. The first-order valence-corrected chi connectivity index (χ1v) is 7.39. The van der Waals surface area contributed by atoms with Crippen LogP contribution in [0.1, 0.15) is 23.2 Å². The fourth-order valence-corrected chi connectivity index (χ4v) is 2.75. The summed E-state index contributed by atoms with van der Waals surface area (Å²) in [5.41, 5.74) is 1.88. The number of rotatable bonds is 3. The molecule has 1 aromatic carbocycles. The highest BCUT2D eigenvalue weighted by atomic mass is 79.9. The Bertz CT molecular complexity index is 696. The molecule has 21 heavy (non-hydrogen) atoms. The number of benzene rings is 1. The summed E-state index contributed by atoms with van der Waals surface area (Å²) in [6.45, 7) is 0.726. The summed E-state index contributed by atoms with van der Waals surface area (Å²) in [5, 5.41) is 2.80. The minimum absolute atomic E-state index is 0.121. The molecule has 1 aliphatic heterocycles. The number of nitrogens with zero attached hydrogens (tertiary/aromatic N) is 1. The van der Waals surface area contributed by atoms with Crippen LogP contribution in [0.15, 0.2) is 45.7 Å². The molecular formula is C15H13BrN2O3. The van der Waals surface area contributed by atoms with Crippen LogP contribution in [0.2, 0.25) is 0 Å². The van der Waals surface area contributed by atoms with Gasteiger partial charge in [0.2, 0.25) is 5.91 Å². The summed E-state index contributed by atoms with van der Waals surface area (Å²) in [4.78, 5) is 25.6. The average Bonchev–Trinajstić information content (AvgIpc) is 3.07. The molecule has 1 aromatic heterocycles. The van der Waals surface area contributed by atoms with E-state index < -0.39 is 0 Å². The molecule has 0 radical (unpaired) electrons. The largest absolute Gasteiger partial charge is 0.457 e. The van der Waals surface area contributed by atoms with E-state index in [1.54, 1.807) is 23.1 Å². The first kappa shape index (κ1) is 13.9. The Morgan fingerprint density at radius 1 is 1.33 bits per heavy atom. The molecule has 0 atom stereocenters. The van der Waals surface area contributed by atoms with Crippen molar-refractivity contribution in [3.05, 3.63) is 46.8 Å². The van der Waals surface area contributed by atoms with E-state index in [0.29, 0.717) is 22.3 Å². The van der Waals surface area contributed by atoms with Crippen LogP contribution in [0.3, 0.4) is 0 Å². The Hall–Kier alpha value is -2.08. The van der Waals surface area contributed by atoms with Crippen molar-refractivity contribution >= 4 is 39.1 Å². The highest BCUT2D eigenvalue weighted by Gasteiger charge is 2.22. The molecule has 1 saturated heterocycles. The lowest BCUT2D eigenvalue weighted by molar-refractivity contribution is -0.117. The third-order valence-electron chi connectivity index (χ3n) is 3.35. The van der Waals surface area contributed by atoms with Gasteiger partial charge >= 0.3 is 0 Å². The fourth-order valence-electron chi connectivity index (χ4n) is 2.33. The number of furan rings is 1. The molecular weight excluding hydrogens is 336 g/mol. The Morgan fingerprint density at radius 2 is 2.19 bits per heavy atom. The second kappa shape index (κ2) is 5.73. The SMILES string of the molecule is O=C(Nc1cccc(N2CCCC2=O)c1)c1ccoc1Br. The van der Waals surface area contributed by atoms with Crippen molar-refractivity contribution in [2.24, 2.45) is 0 Å². The van der Waals surface area contributed by atoms with Crippen molar-refractivity contribution in [2.75, 3.05) is 16.8 Å². The fraction of sp³-hybridized carbons (Fsp3) is 0.200. The summed E-state index contributed by atoms with van der Waals surface area (Å²) in [6, 6.07) is 8.87. The summed E-state index contributed by atoms with van der Waals surface area (Å²) in [7, 11) is 0. The summed E-state index contributed by atoms with van der Waals surface area (Å²) < 4.78 is 5.44. The van der Waals surface area contributed by atoms with Crippen molar-refractivity contribution in [3.63, 3.8) is 0 Å². The van der Waals surface area contributed by atoms with Gasteiger partial charge in [0, 0.05) is 24.3 Å². The second-order valence-electron chi connectivity index (χ2n) is 4.76. The summed E-state index contributed by atoms with van der Waals surface area (Å²) >= 11 is 3.18. The van der Waals surface area contributed by atoms with Crippen LogP contribution in [0.4, 0.5) is 11.4 Å². The first-order chi connectivity index (χ1) is 10.1. The van der Waals surface area contributed by atoms with E-state index in [4.69, 9.17) is 4.42 Å². The monoisotopic (exact) mass is 348 g/mol. The van der Waals surface area contributed by atoms with Gasteiger partial charge in [0.15, 0.2) is 4.67 Å². The van der Waals surface area contributed by atoms with Gasteiger partial charge in [-0.3, -0.25) is 9.59 Å². The van der Waals surface area contributed by atoms with Gasteiger partial charge in [0.25, 0.3) is 5.91 Å². The van der Waals surface area contributed by atoms with Gasteiger partial charge in [-0.25, -0.2) is 0 Å². The van der Waals surface area contributed by atoms with E-state index in [0.717, 1.165) is 18.7 Å². The maximum absolute atomic E-state index is 12.1. The van der Waals surface area contributed by atoms with Gasteiger partial charge in [0.05, 0.1) is 11.8 Å². The number of hydrogen-bond donors (Lipinski definition) is 1. The number of halogens is 1. The van der Waals surface area contributed by atoms with Crippen molar-refractivity contribution < 1.29 is 14.0 Å². The number of carbonyl (C=O) groups is 2. The van der Waals surface area contributed by atoms with Gasteiger partial charge in [-0.15, -0.1) is 0 Å². The molecule has 0 unspecified atom stereocenters. The van der Waals surface area contributed by atoms with Gasteiger partial charge in [-0.05, 0) is 46.6 Å². The van der Waals surface area contributed by atoms with E-state index in [9.17, 15) is 9.59 Å². The van der Waals surface area contributed by atoms with Gasteiger partial charge in [-0.1, -0.05) is 6.07 Å². The lowest BCUT2D eigenvalue weighted by Gasteiger charge is -2.16. The van der Waals surface area contributed by atoms with Crippen LogP contribution in [-0.4, -0.2) is 18.4 Å². The summed E-state index contributed by atoms with van der Waals surface area (Å²) in [5.74, 6) is -0.142. The predicted octanol–water partition coefficient (Wildman–Crippen LogP) is 3.42. The number of amides is 2. The van der Waals surface area contributed by atoms with E-state index in [1.807, 2.05) is 12.1 Å². The molecule has 5 nitrogen and oxygen atoms in total. The minimum Gasteiger partial charge on any atom is -0.457 e. The van der Waals surface area contributed by atoms with Crippen molar-refractivity contribution in [1.82, 2.24) is 0 Å². The van der Waals surface area contributed by atoms with Crippen LogP contribution in [0.5, 0.6) is 0 Å². The lowest BCUT2D eigenvalue weighted by atomic mass is 10.2.